The van der Waals surface area contributed by atoms with Gasteiger partial charge in [0.05, 0.1) is 6.04 Å². The molecule has 6 amide bonds. The van der Waals surface area contributed by atoms with Crippen LogP contribution in [0.1, 0.15) is 47.5 Å². The van der Waals surface area contributed by atoms with E-state index in [0.717, 1.165) is 17.1 Å². The number of hydrogen-bond donors (Lipinski definition) is 4. The predicted octanol–water partition coefficient (Wildman–Crippen LogP) is -0.399. The summed E-state index contributed by atoms with van der Waals surface area (Å²) >= 11 is 0. The molecule has 0 radical (unpaired) electrons. The van der Waals surface area contributed by atoms with Crippen molar-refractivity contribution in [1.29, 1.82) is 0 Å². The molecular formula is C21H33N5O6. The number of primary amides is 1. The van der Waals surface area contributed by atoms with Gasteiger partial charge in [-0.3, -0.25) is 28.9 Å². The Bertz CT molecular complexity index is 781. The maximum Gasteiger partial charge on any atom is 0.312 e. The Kier molecular flexibility index (Phi) is 9.54. The van der Waals surface area contributed by atoms with Crippen LogP contribution in [0.4, 0.5) is 4.79 Å². The lowest BCUT2D eigenvalue weighted by atomic mass is 9.84. The third-order valence-corrected chi connectivity index (χ3v) is 4.81. The Morgan fingerprint density at radius 2 is 1.59 bits per heavy atom. The van der Waals surface area contributed by atoms with Crippen molar-refractivity contribution in [3.05, 3.63) is 12.2 Å². The molecule has 0 aromatic heterocycles. The lowest BCUT2D eigenvalue weighted by Crippen LogP contribution is -2.56. The Morgan fingerprint density at radius 1 is 1.03 bits per heavy atom. The molecule has 0 fully saturated rings. The van der Waals surface area contributed by atoms with Crippen LogP contribution in [0, 0.1) is 11.3 Å². The van der Waals surface area contributed by atoms with E-state index < -0.39 is 53.7 Å². The zero-order valence-electron chi connectivity index (χ0n) is 19.2. The smallest absolute Gasteiger partial charge is 0.312 e. The number of Topliss-reactive ketones (excluding diaryl/α,β-unsaturated/α-hetero) is 1. The summed E-state index contributed by atoms with van der Waals surface area (Å²) in [5.74, 6) is -2.96. The molecule has 1 aliphatic heterocycles. The van der Waals surface area contributed by atoms with Crippen LogP contribution >= 0.6 is 0 Å². The molecule has 0 saturated carbocycles. The summed E-state index contributed by atoms with van der Waals surface area (Å²) in [7, 11) is 0. The number of nitrogens with two attached hydrogens (primary N) is 1. The van der Waals surface area contributed by atoms with E-state index in [4.69, 9.17) is 5.73 Å². The summed E-state index contributed by atoms with van der Waals surface area (Å²) in [6.45, 7) is 8.37. The third kappa shape index (κ3) is 8.12. The Hall–Kier alpha value is -3.24. The van der Waals surface area contributed by atoms with Crippen molar-refractivity contribution in [3.8, 4) is 0 Å². The first-order valence-corrected chi connectivity index (χ1v) is 10.4. The Balaban J connectivity index is 2.84. The maximum atomic E-state index is 12.9. The highest BCUT2D eigenvalue weighted by Gasteiger charge is 2.34. The SMILES string of the molecule is CC(C)C(NC(=O)CN1C(=O)C=CC1=O)C(=O)NC(CCCNC(N)=O)C(=O)C(C)(C)C. The zero-order valence-corrected chi connectivity index (χ0v) is 19.2. The molecule has 0 bridgehead atoms. The van der Waals surface area contributed by atoms with Gasteiger partial charge in [0.15, 0.2) is 5.78 Å². The summed E-state index contributed by atoms with van der Waals surface area (Å²) in [6, 6.07) is -2.50. The van der Waals surface area contributed by atoms with E-state index in [1.165, 1.54) is 0 Å². The van der Waals surface area contributed by atoms with Crippen molar-refractivity contribution < 1.29 is 28.8 Å². The van der Waals surface area contributed by atoms with E-state index in [2.05, 4.69) is 16.0 Å². The number of carbonyl (C=O) groups excluding carboxylic acids is 6. The molecule has 0 saturated heterocycles. The van der Waals surface area contributed by atoms with E-state index in [0.29, 0.717) is 6.42 Å². The van der Waals surface area contributed by atoms with Crippen LogP contribution in [0.3, 0.4) is 0 Å². The van der Waals surface area contributed by atoms with Gasteiger partial charge in [0.25, 0.3) is 11.8 Å². The largest absolute Gasteiger partial charge is 0.352 e. The van der Waals surface area contributed by atoms with Gasteiger partial charge in [-0.25, -0.2) is 4.79 Å². The normalized spacial score (nSPS) is 15.5. The average Bonchev–Trinajstić information content (AvgIpc) is 2.98. The lowest BCUT2D eigenvalue weighted by Gasteiger charge is -2.29. The highest BCUT2D eigenvalue weighted by atomic mass is 16.2. The number of carbonyl (C=O) groups is 6. The van der Waals surface area contributed by atoms with Gasteiger partial charge in [-0.05, 0) is 18.8 Å². The summed E-state index contributed by atoms with van der Waals surface area (Å²) < 4.78 is 0. The summed E-state index contributed by atoms with van der Waals surface area (Å²) in [4.78, 5) is 73.0. The molecule has 178 valence electrons. The van der Waals surface area contributed by atoms with E-state index in [-0.39, 0.29) is 24.7 Å². The van der Waals surface area contributed by atoms with E-state index in [9.17, 15) is 28.8 Å². The average molecular weight is 452 g/mol. The first kappa shape index (κ1) is 26.8. The molecule has 1 heterocycles. The monoisotopic (exact) mass is 451 g/mol. The maximum absolute atomic E-state index is 12.9. The van der Waals surface area contributed by atoms with Gasteiger partial charge in [-0.1, -0.05) is 34.6 Å². The van der Waals surface area contributed by atoms with Crippen LogP contribution in [0.2, 0.25) is 0 Å². The van der Waals surface area contributed by atoms with Gasteiger partial charge in [0.1, 0.15) is 12.6 Å². The van der Waals surface area contributed by atoms with Gasteiger partial charge in [-0.2, -0.15) is 0 Å². The van der Waals surface area contributed by atoms with Gasteiger partial charge in [-0.15, -0.1) is 0 Å². The van der Waals surface area contributed by atoms with Crippen LogP contribution in [0.25, 0.3) is 0 Å². The fraction of sp³-hybridized carbons (Fsp3) is 0.619. The highest BCUT2D eigenvalue weighted by Crippen LogP contribution is 2.19. The number of ketones is 1. The van der Waals surface area contributed by atoms with E-state index in [1.54, 1.807) is 34.6 Å². The van der Waals surface area contributed by atoms with Gasteiger partial charge < -0.3 is 21.7 Å². The number of hydrogen-bond acceptors (Lipinski definition) is 6. The fourth-order valence-corrected chi connectivity index (χ4v) is 3.06. The van der Waals surface area contributed by atoms with Crippen molar-refractivity contribution in [2.24, 2.45) is 17.1 Å². The molecule has 0 aromatic rings. The third-order valence-electron chi connectivity index (χ3n) is 4.81. The van der Waals surface area contributed by atoms with Crippen molar-refractivity contribution in [2.75, 3.05) is 13.1 Å². The molecule has 2 atom stereocenters. The van der Waals surface area contributed by atoms with E-state index >= 15 is 0 Å². The topological polar surface area (TPSA) is 168 Å². The van der Waals surface area contributed by atoms with Crippen LogP contribution in [0.15, 0.2) is 12.2 Å². The van der Waals surface area contributed by atoms with Crippen LogP contribution in [0.5, 0.6) is 0 Å². The van der Waals surface area contributed by atoms with Gasteiger partial charge in [0, 0.05) is 24.1 Å². The quantitative estimate of drug-likeness (QED) is 0.246. The van der Waals surface area contributed by atoms with Crippen LogP contribution < -0.4 is 21.7 Å². The molecule has 11 nitrogen and oxygen atoms in total. The standard InChI is InChI=1S/C21H33N5O6/c1-12(2)17(25-14(27)11-26-15(28)8-9-16(26)29)19(31)24-13(18(30)21(3,4)5)7-6-10-23-20(22)32/h8-9,12-13,17H,6-7,10-11H2,1-5H3,(H,24,31)(H,25,27)(H3,22,23,32). The van der Waals surface area contributed by atoms with Gasteiger partial charge in [0.2, 0.25) is 11.8 Å². The predicted molar refractivity (Wildman–Crippen MR) is 116 cm³/mol. The number of amides is 6. The molecular weight excluding hydrogens is 418 g/mol. The summed E-state index contributed by atoms with van der Waals surface area (Å²) in [5.41, 5.74) is 4.31. The van der Waals surface area contributed by atoms with Crippen molar-refractivity contribution >= 4 is 35.4 Å². The Morgan fingerprint density at radius 3 is 2.06 bits per heavy atom. The summed E-state index contributed by atoms with van der Waals surface area (Å²) in [6.07, 6.45) is 2.81. The number of rotatable bonds is 11. The van der Waals surface area contributed by atoms with Crippen molar-refractivity contribution in [2.45, 2.75) is 59.5 Å². The van der Waals surface area contributed by atoms with E-state index in [1.807, 2.05) is 0 Å². The number of imide groups is 1. The van der Waals surface area contributed by atoms with Crippen LogP contribution in [-0.4, -0.2) is 65.5 Å². The molecule has 1 aliphatic rings. The van der Waals surface area contributed by atoms with Crippen molar-refractivity contribution in [1.82, 2.24) is 20.9 Å². The minimum absolute atomic E-state index is 0.196. The Labute approximate surface area is 187 Å². The van der Waals surface area contributed by atoms with Gasteiger partial charge >= 0.3 is 6.03 Å². The minimum Gasteiger partial charge on any atom is -0.352 e. The molecule has 11 heteroatoms. The zero-order chi connectivity index (χ0) is 24.6. The second-order valence-corrected chi connectivity index (χ2v) is 8.99. The van der Waals surface area contributed by atoms with Crippen LogP contribution in [-0.2, 0) is 24.0 Å². The number of nitrogens with zero attached hydrogens (tertiary/aromatic N) is 1. The second-order valence-electron chi connectivity index (χ2n) is 8.99. The number of urea groups is 1. The summed E-state index contributed by atoms with van der Waals surface area (Å²) in [5, 5.41) is 7.68. The second kappa shape index (κ2) is 11.4. The molecule has 2 unspecified atom stereocenters. The first-order chi connectivity index (χ1) is 14.7. The number of nitrogens with one attached hydrogen (secondary N) is 3. The first-order valence-electron chi connectivity index (χ1n) is 10.4. The molecule has 0 aliphatic carbocycles. The van der Waals surface area contributed by atoms with Crippen molar-refractivity contribution in [3.63, 3.8) is 0 Å². The molecule has 0 spiro atoms. The fourth-order valence-electron chi connectivity index (χ4n) is 3.06. The lowest BCUT2D eigenvalue weighted by molar-refractivity contribution is -0.141. The molecule has 32 heavy (non-hydrogen) atoms. The minimum atomic E-state index is -0.984. The molecule has 5 N–H and O–H groups in total. The molecule has 0 aromatic carbocycles. The highest BCUT2D eigenvalue weighted by molar-refractivity contribution is 6.14. The molecule has 1 rings (SSSR count).